The summed E-state index contributed by atoms with van der Waals surface area (Å²) in [7, 11) is 0. The van der Waals surface area contributed by atoms with E-state index in [2.05, 4.69) is 15.2 Å². The van der Waals surface area contributed by atoms with Gasteiger partial charge in [-0.1, -0.05) is 6.92 Å². The van der Waals surface area contributed by atoms with Crippen molar-refractivity contribution in [1.29, 1.82) is 0 Å². The van der Waals surface area contributed by atoms with Gasteiger partial charge in [-0.2, -0.15) is 5.10 Å². The molecule has 0 aromatic carbocycles. The van der Waals surface area contributed by atoms with Gasteiger partial charge >= 0.3 is 0 Å². The summed E-state index contributed by atoms with van der Waals surface area (Å²) in [5.41, 5.74) is 7.08. The predicted octanol–water partition coefficient (Wildman–Crippen LogP) is 0.619. The van der Waals surface area contributed by atoms with Gasteiger partial charge < -0.3 is 5.73 Å². The molecule has 0 unspecified atom stereocenters. The highest BCUT2D eigenvalue weighted by Crippen LogP contribution is 2.14. The number of amides is 1. The number of aromatic nitrogens is 3. The van der Waals surface area contributed by atoms with Crippen LogP contribution in [0.2, 0.25) is 0 Å². The lowest BCUT2D eigenvalue weighted by molar-refractivity contribution is 0.0997. The van der Waals surface area contributed by atoms with Crippen LogP contribution in [-0.2, 0) is 6.42 Å². The Balaban J connectivity index is 2.69. The Hall–Kier alpha value is -1.91. The number of fused-ring (bicyclic) bond motifs is 1. The van der Waals surface area contributed by atoms with Crippen LogP contribution in [0.4, 0.5) is 0 Å². The number of hydrogen-bond donors (Lipinski definition) is 2. The molecule has 2 rings (SSSR count). The van der Waals surface area contributed by atoms with Gasteiger partial charge in [0.1, 0.15) is 5.69 Å². The van der Waals surface area contributed by atoms with Gasteiger partial charge in [-0.15, -0.1) is 0 Å². The monoisotopic (exact) mass is 190 g/mol. The lowest BCUT2D eigenvalue weighted by Gasteiger charge is -1.95. The minimum Gasteiger partial charge on any atom is -0.364 e. The highest BCUT2D eigenvalue weighted by Gasteiger charge is 2.10. The lowest BCUT2D eigenvalue weighted by atomic mass is 10.1. The average Bonchev–Trinajstić information content (AvgIpc) is 2.59. The van der Waals surface area contributed by atoms with Crippen molar-refractivity contribution in [2.24, 2.45) is 5.73 Å². The van der Waals surface area contributed by atoms with E-state index in [1.165, 1.54) is 0 Å². The number of nitrogens with one attached hydrogen (secondary N) is 1. The molecule has 14 heavy (non-hydrogen) atoms. The number of primary amides is 1. The number of pyridine rings is 1. The highest BCUT2D eigenvalue weighted by atomic mass is 16.1. The summed E-state index contributed by atoms with van der Waals surface area (Å²) in [6.45, 7) is 2.02. The molecule has 5 heteroatoms. The zero-order chi connectivity index (χ0) is 10.1. The zero-order valence-electron chi connectivity index (χ0n) is 7.74. The van der Waals surface area contributed by atoms with E-state index in [0.29, 0.717) is 16.7 Å². The average molecular weight is 190 g/mol. The molecule has 2 aromatic heterocycles. The third-order valence-electron chi connectivity index (χ3n) is 2.12. The zero-order valence-corrected chi connectivity index (χ0v) is 7.74. The molecule has 2 aromatic rings. The normalized spacial score (nSPS) is 10.6. The van der Waals surface area contributed by atoms with Crippen molar-refractivity contribution < 1.29 is 4.79 Å². The maximum atomic E-state index is 11.0. The van der Waals surface area contributed by atoms with Crippen molar-refractivity contribution in [3.63, 3.8) is 0 Å². The minimum absolute atomic E-state index is 0.322. The molecule has 0 saturated heterocycles. The van der Waals surface area contributed by atoms with Gasteiger partial charge in [-0.25, -0.2) is 4.98 Å². The number of nitrogens with two attached hydrogens (primary N) is 1. The Morgan fingerprint density at radius 1 is 1.64 bits per heavy atom. The fourth-order valence-corrected chi connectivity index (χ4v) is 1.32. The maximum absolute atomic E-state index is 11.0. The predicted molar refractivity (Wildman–Crippen MR) is 51.8 cm³/mol. The fraction of sp³-hybridized carbons (Fsp3) is 0.222. The quantitative estimate of drug-likeness (QED) is 0.727. The molecular formula is C9H10N4O. The molecular weight excluding hydrogens is 180 g/mol. The van der Waals surface area contributed by atoms with Crippen LogP contribution in [0.5, 0.6) is 0 Å². The molecule has 0 aliphatic carbocycles. The van der Waals surface area contributed by atoms with E-state index in [-0.39, 0.29) is 0 Å². The van der Waals surface area contributed by atoms with Gasteiger partial charge in [-0.3, -0.25) is 9.89 Å². The van der Waals surface area contributed by atoms with Gasteiger partial charge in [-0.05, 0) is 18.1 Å². The maximum Gasteiger partial charge on any atom is 0.267 e. The summed E-state index contributed by atoms with van der Waals surface area (Å²) in [4.78, 5) is 15.1. The number of H-pyrrole nitrogens is 1. The molecule has 3 N–H and O–H groups in total. The number of carbonyl (C=O) groups is 1. The lowest BCUT2D eigenvalue weighted by Crippen LogP contribution is -2.11. The van der Waals surface area contributed by atoms with Crippen molar-refractivity contribution in [2.45, 2.75) is 13.3 Å². The van der Waals surface area contributed by atoms with Crippen LogP contribution < -0.4 is 5.73 Å². The van der Waals surface area contributed by atoms with Crippen LogP contribution in [0.3, 0.4) is 0 Å². The third-order valence-corrected chi connectivity index (χ3v) is 2.12. The van der Waals surface area contributed by atoms with Crippen LogP contribution in [0.25, 0.3) is 11.0 Å². The van der Waals surface area contributed by atoms with E-state index in [1.54, 1.807) is 6.20 Å². The van der Waals surface area contributed by atoms with Crippen molar-refractivity contribution in [3.05, 3.63) is 23.5 Å². The number of hydrogen-bond acceptors (Lipinski definition) is 3. The molecule has 72 valence electrons. The van der Waals surface area contributed by atoms with E-state index >= 15 is 0 Å². The Labute approximate surface area is 80.3 Å². The molecule has 0 bridgehead atoms. The molecule has 5 nitrogen and oxygen atoms in total. The van der Waals surface area contributed by atoms with Gasteiger partial charge in [0.15, 0.2) is 5.65 Å². The van der Waals surface area contributed by atoms with E-state index in [9.17, 15) is 4.79 Å². The van der Waals surface area contributed by atoms with Crippen LogP contribution in [0, 0.1) is 0 Å². The second-order valence-corrected chi connectivity index (χ2v) is 3.03. The third kappa shape index (κ3) is 1.22. The van der Waals surface area contributed by atoms with E-state index in [4.69, 9.17) is 5.73 Å². The highest BCUT2D eigenvalue weighted by molar-refractivity contribution is 6.03. The van der Waals surface area contributed by atoms with Gasteiger partial charge in [0.05, 0.1) is 5.39 Å². The summed E-state index contributed by atoms with van der Waals surface area (Å²) < 4.78 is 0. The second kappa shape index (κ2) is 3.10. The number of aryl methyl sites for hydroxylation is 1. The summed E-state index contributed by atoms with van der Waals surface area (Å²) >= 11 is 0. The van der Waals surface area contributed by atoms with Crippen molar-refractivity contribution in [2.75, 3.05) is 0 Å². The Morgan fingerprint density at radius 2 is 2.43 bits per heavy atom. The van der Waals surface area contributed by atoms with E-state index in [0.717, 1.165) is 12.0 Å². The minimum atomic E-state index is -0.512. The van der Waals surface area contributed by atoms with Gasteiger partial charge in [0, 0.05) is 6.20 Å². The fourth-order valence-electron chi connectivity index (χ4n) is 1.32. The number of rotatable bonds is 2. The van der Waals surface area contributed by atoms with Crippen molar-refractivity contribution >= 4 is 16.9 Å². The second-order valence-electron chi connectivity index (χ2n) is 3.03. The standard InChI is InChI=1S/C9H10N4O/c1-2-5-3-6-7(8(10)14)12-13-9(6)11-4-5/h3-4H,2H2,1H3,(H2,10,14)(H,11,12,13). The van der Waals surface area contributed by atoms with Crippen LogP contribution >= 0.6 is 0 Å². The van der Waals surface area contributed by atoms with Crippen LogP contribution in [-0.4, -0.2) is 21.1 Å². The Kier molecular flexibility index (Phi) is 1.92. The summed E-state index contributed by atoms with van der Waals surface area (Å²) in [5.74, 6) is -0.512. The van der Waals surface area contributed by atoms with Crippen molar-refractivity contribution in [1.82, 2.24) is 15.2 Å². The number of aromatic amines is 1. The number of nitrogens with zero attached hydrogens (tertiary/aromatic N) is 2. The van der Waals surface area contributed by atoms with Gasteiger partial charge in [0.25, 0.3) is 5.91 Å². The molecule has 2 heterocycles. The first-order valence-electron chi connectivity index (χ1n) is 4.35. The molecule has 0 fully saturated rings. The van der Waals surface area contributed by atoms with E-state index < -0.39 is 5.91 Å². The number of carbonyl (C=O) groups excluding carboxylic acids is 1. The molecule has 0 aliphatic rings. The summed E-state index contributed by atoms with van der Waals surface area (Å²) in [5, 5.41) is 7.15. The van der Waals surface area contributed by atoms with E-state index in [1.807, 2.05) is 13.0 Å². The topological polar surface area (TPSA) is 84.7 Å². The van der Waals surface area contributed by atoms with Crippen LogP contribution in [0.1, 0.15) is 23.0 Å². The Bertz CT molecular complexity index is 489. The van der Waals surface area contributed by atoms with Gasteiger partial charge in [0.2, 0.25) is 0 Å². The first-order valence-corrected chi connectivity index (χ1v) is 4.35. The summed E-state index contributed by atoms with van der Waals surface area (Å²) in [6.07, 6.45) is 2.61. The van der Waals surface area contributed by atoms with Crippen LogP contribution in [0.15, 0.2) is 12.3 Å². The molecule has 0 spiro atoms. The Morgan fingerprint density at radius 3 is 3.07 bits per heavy atom. The SMILES string of the molecule is CCc1cnc2n[nH]c(C(N)=O)c2c1. The van der Waals surface area contributed by atoms with Crippen molar-refractivity contribution in [3.8, 4) is 0 Å². The largest absolute Gasteiger partial charge is 0.364 e. The molecule has 0 saturated carbocycles. The first kappa shape index (κ1) is 8.68. The summed E-state index contributed by atoms with van der Waals surface area (Å²) in [6, 6.07) is 1.88. The molecule has 1 amide bonds. The first-order chi connectivity index (χ1) is 6.72. The molecule has 0 atom stereocenters. The molecule has 0 aliphatic heterocycles. The molecule has 0 radical (unpaired) electrons. The smallest absolute Gasteiger partial charge is 0.267 e.